The van der Waals surface area contributed by atoms with Crippen LogP contribution in [0.2, 0.25) is 0 Å². The number of nitriles is 1. The molecule has 0 spiro atoms. The number of hydrogen-bond acceptors (Lipinski definition) is 5. The summed E-state index contributed by atoms with van der Waals surface area (Å²) in [5.41, 5.74) is 5.68. The topological polar surface area (TPSA) is 104 Å². The van der Waals surface area contributed by atoms with Crippen molar-refractivity contribution >= 4 is 15.7 Å². The molecule has 1 aliphatic rings. The summed E-state index contributed by atoms with van der Waals surface area (Å²) < 4.78 is 24.4. The molecule has 1 atom stereocenters. The summed E-state index contributed by atoms with van der Waals surface area (Å²) in [4.78, 5) is 13.2. The standard InChI is InChI=1S/C14H17N3O3S/c15-9-11-1-3-13(4-2-11)21(19,20)8-7-17-6-5-12(10-17)14(16)18/h1-4,12H,5-8,10H2,(H2,16,18). The van der Waals surface area contributed by atoms with Crippen LogP contribution in [0.3, 0.4) is 0 Å². The molecule has 1 fully saturated rings. The first-order valence-corrected chi connectivity index (χ1v) is 8.32. The average molecular weight is 307 g/mol. The molecule has 112 valence electrons. The van der Waals surface area contributed by atoms with Crippen LogP contribution in [0.25, 0.3) is 0 Å². The predicted octanol–water partition coefficient (Wildman–Crippen LogP) is 0.139. The van der Waals surface area contributed by atoms with Gasteiger partial charge in [-0.25, -0.2) is 8.42 Å². The van der Waals surface area contributed by atoms with E-state index in [0.29, 0.717) is 31.6 Å². The van der Waals surface area contributed by atoms with Gasteiger partial charge in [-0.1, -0.05) is 0 Å². The second kappa shape index (κ2) is 6.24. The molecule has 2 rings (SSSR count). The van der Waals surface area contributed by atoms with E-state index in [1.54, 1.807) is 0 Å². The predicted molar refractivity (Wildman–Crippen MR) is 77.0 cm³/mol. The van der Waals surface area contributed by atoms with Crippen molar-refractivity contribution in [1.29, 1.82) is 5.26 Å². The molecule has 7 heteroatoms. The van der Waals surface area contributed by atoms with Crippen molar-refractivity contribution in [3.63, 3.8) is 0 Å². The fourth-order valence-electron chi connectivity index (χ4n) is 2.37. The largest absolute Gasteiger partial charge is 0.369 e. The van der Waals surface area contributed by atoms with E-state index in [9.17, 15) is 13.2 Å². The summed E-state index contributed by atoms with van der Waals surface area (Å²) >= 11 is 0. The second-order valence-corrected chi connectivity index (χ2v) is 7.25. The highest BCUT2D eigenvalue weighted by Gasteiger charge is 2.27. The first kappa shape index (κ1) is 15.5. The Balaban J connectivity index is 1.95. The van der Waals surface area contributed by atoms with Crippen molar-refractivity contribution in [2.24, 2.45) is 11.7 Å². The maximum Gasteiger partial charge on any atom is 0.221 e. The Morgan fingerprint density at radius 2 is 2.05 bits per heavy atom. The minimum atomic E-state index is -3.38. The summed E-state index contributed by atoms with van der Waals surface area (Å²) in [6.45, 7) is 1.60. The number of primary amides is 1. The molecule has 6 nitrogen and oxygen atoms in total. The molecule has 1 amide bonds. The summed E-state index contributed by atoms with van der Waals surface area (Å²) in [5.74, 6) is -0.514. The molecule has 1 aliphatic heterocycles. The minimum absolute atomic E-state index is 0.00954. The summed E-state index contributed by atoms with van der Waals surface area (Å²) in [7, 11) is -3.38. The highest BCUT2D eigenvalue weighted by atomic mass is 32.2. The Hall–Kier alpha value is -1.91. The number of carbonyl (C=O) groups excluding carboxylic acids is 1. The first-order chi connectivity index (χ1) is 9.92. The van der Waals surface area contributed by atoms with Crippen molar-refractivity contribution in [2.45, 2.75) is 11.3 Å². The lowest BCUT2D eigenvalue weighted by Gasteiger charge is -2.15. The molecule has 2 N–H and O–H groups in total. The van der Waals surface area contributed by atoms with E-state index < -0.39 is 9.84 Å². The first-order valence-electron chi connectivity index (χ1n) is 6.67. The number of likely N-dealkylation sites (tertiary alicyclic amines) is 1. The van der Waals surface area contributed by atoms with Crippen LogP contribution in [0.4, 0.5) is 0 Å². The number of nitrogens with two attached hydrogens (primary N) is 1. The van der Waals surface area contributed by atoms with Crippen LogP contribution in [0.15, 0.2) is 29.2 Å². The number of amides is 1. The molecule has 0 aliphatic carbocycles. The Kier molecular flexibility index (Phi) is 4.60. The van der Waals surface area contributed by atoms with Gasteiger partial charge in [-0.3, -0.25) is 4.79 Å². The molecular weight excluding hydrogens is 290 g/mol. The number of carbonyl (C=O) groups is 1. The molecule has 0 saturated carbocycles. The third kappa shape index (κ3) is 3.80. The van der Waals surface area contributed by atoms with Gasteiger partial charge < -0.3 is 10.6 Å². The Morgan fingerprint density at radius 1 is 1.38 bits per heavy atom. The van der Waals surface area contributed by atoms with Crippen LogP contribution in [0, 0.1) is 17.2 Å². The van der Waals surface area contributed by atoms with Crippen molar-refractivity contribution in [3.05, 3.63) is 29.8 Å². The zero-order valence-corrected chi connectivity index (χ0v) is 12.3. The second-order valence-electron chi connectivity index (χ2n) is 5.14. The maximum atomic E-state index is 12.2. The normalized spacial score (nSPS) is 19.3. The molecule has 1 saturated heterocycles. The van der Waals surface area contributed by atoms with Crippen molar-refractivity contribution in [2.75, 3.05) is 25.4 Å². The Labute approximate surface area is 124 Å². The molecule has 0 radical (unpaired) electrons. The van der Waals surface area contributed by atoms with Gasteiger partial charge in [0.25, 0.3) is 0 Å². The molecular formula is C14H17N3O3S. The van der Waals surface area contributed by atoms with Crippen LogP contribution >= 0.6 is 0 Å². The SMILES string of the molecule is N#Cc1ccc(S(=O)(=O)CCN2CCC(C(N)=O)C2)cc1. The van der Waals surface area contributed by atoms with E-state index in [1.165, 1.54) is 24.3 Å². The fraction of sp³-hybridized carbons (Fsp3) is 0.429. The smallest absolute Gasteiger partial charge is 0.221 e. The zero-order chi connectivity index (χ0) is 15.5. The Bertz CT molecular complexity index is 662. The van der Waals surface area contributed by atoms with Gasteiger partial charge in [-0.2, -0.15) is 5.26 Å². The van der Waals surface area contributed by atoms with Crippen molar-refractivity contribution in [1.82, 2.24) is 4.90 Å². The number of benzene rings is 1. The van der Waals surface area contributed by atoms with Crippen LogP contribution in [0.1, 0.15) is 12.0 Å². The number of sulfone groups is 1. The fourth-order valence-corrected chi connectivity index (χ4v) is 3.66. The van der Waals surface area contributed by atoms with Crippen LogP contribution in [-0.2, 0) is 14.6 Å². The van der Waals surface area contributed by atoms with Gasteiger partial charge in [0.05, 0.1) is 28.2 Å². The van der Waals surface area contributed by atoms with Gasteiger partial charge in [-0.05, 0) is 37.2 Å². The average Bonchev–Trinajstić information content (AvgIpc) is 2.94. The van der Waals surface area contributed by atoms with Crippen LogP contribution < -0.4 is 5.73 Å². The van der Waals surface area contributed by atoms with E-state index in [1.807, 2.05) is 11.0 Å². The molecule has 0 aromatic heterocycles. The molecule has 1 unspecified atom stereocenters. The Morgan fingerprint density at radius 3 is 2.57 bits per heavy atom. The van der Waals surface area contributed by atoms with Crippen molar-refractivity contribution < 1.29 is 13.2 Å². The summed E-state index contributed by atoms with van der Waals surface area (Å²) in [6, 6.07) is 7.83. The maximum absolute atomic E-state index is 12.2. The van der Waals surface area contributed by atoms with Gasteiger partial charge in [-0.15, -0.1) is 0 Å². The molecule has 1 aromatic carbocycles. The van der Waals surface area contributed by atoms with Crippen molar-refractivity contribution in [3.8, 4) is 6.07 Å². The lowest BCUT2D eigenvalue weighted by atomic mass is 10.1. The van der Waals surface area contributed by atoms with Crippen LogP contribution in [-0.4, -0.2) is 44.6 Å². The minimum Gasteiger partial charge on any atom is -0.369 e. The quantitative estimate of drug-likeness (QED) is 0.833. The zero-order valence-electron chi connectivity index (χ0n) is 11.5. The van der Waals surface area contributed by atoms with Gasteiger partial charge in [0.15, 0.2) is 9.84 Å². The lowest BCUT2D eigenvalue weighted by molar-refractivity contribution is -0.121. The lowest BCUT2D eigenvalue weighted by Crippen LogP contribution is -2.30. The highest BCUT2D eigenvalue weighted by molar-refractivity contribution is 7.91. The molecule has 1 heterocycles. The third-order valence-corrected chi connectivity index (χ3v) is 5.40. The monoisotopic (exact) mass is 307 g/mol. The van der Waals surface area contributed by atoms with E-state index >= 15 is 0 Å². The number of rotatable bonds is 5. The number of nitrogens with zero attached hydrogens (tertiary/aromatic N) is 2. The van der Waals surface area contributed by atoms with Gasteiger partial charge in [0.2, 0.25) is 5.91 Å². The van der Waals surface area contributed by atoms with E-state index in [4.69, 9.17) is 11.0 Å². The summed E-state index contributed by atoms with van der Waals surface area (Å²) in [6.07, 6.45) is 0.687. The van der Waals surface area contributed by atoms with Gasteiger partial charge in [0.1, 0.15) is 0 Å². The number of hydrogen-bond donors (Lipinski definition) is 1. The molecule has 0 bridgehead atoms. The van der Waals surface area contributed by atoms with Crippen LogP contribution in [0.5, 0.6) is 0 Å². The van der Waals surface area contributed by atoms with Gasteiger partial charge >= 0.3 is 0 Å². The summed E-state index contributed by atoms with van der Waals surface area (Å²) in [5, 5.41) is 8.70. The van der Waals surface area contributed by atoms with E-state index in [-0.39, 0.29) is 22.5 Å². The van der Waals surface area contributed by atoms with Gasteiger partial charge in [0, 0.05) is 13.1 Å². The molecule has 21 heavy (non-hydrogen) atoms. The highest BCUT2D eigenvalue weighted by Crippen LogP contribution is 2.17. The molecule has 1 aromatic rings. The third-order valence-electron chi connectivity index (χ3n) is 3.69. The van der Waals surface area contributed by atoms with E-state index in [0.717, 1.165) is 0 Å². The van der Waals surface area contributed by atoms with E-state index in [2.05, 4.69) is 0 Å².